The molecule has 2 aromatic heterocycles. The van der Waals surface area contributed by atoms with Gasteiger partial charge in [-0.3, -0.25) is 0 Å². The van der Waals surface area contributed by atoms with E-state index in [0.717, 1.165) is 66.3 Å². The molecule has 2 heterocycles. The smallest absolute Gasteiger partial charge is 0.137 e. The molecular formula is C46H27NO2. The fourth-order valence-electron chi connectivity index (χ4n) is 7.97. The first-order chi connectivity index (χ1) is 24.3. The lowest BCUT2D eigenvalue weighted by Gasteiger charge is -2.28. The number of furan rings is 2. The molecule has 0 N–H and O–H groups in total. The number of hydrogen-bond donors (Lipinski definition) is 0. The van der Waals surface area contributed by atoms with Gasteiger partial charge in [-0.2, -0.15) is 0 Å². The van der Waals surface area contributed by atoms with E-state index in [1.165, 1.54) is 37.7 Å². The Bertz CT molecular complexity index is 3130. The zero-order valence-electron chi connectivity index (χ0n) is 26.4. The summed E-state index contributed by atoms with van der Waals surface area (Å²) in [6, 6.07) is 58.6. The van der Waals surface area contributed by atoms with Crippen LogP contribution in [0.5, 0.6) is 0 Å². The summed E-state index contributed by atoms with van der Waals surface area (Å²) in [6.45, 7) is 0. The number of hydrogen-bond acceptors (Lipinski definition) is 3. The number of anilines is 3. The minimum Gasteiger partial charge on any atom is -0.456 e. The van der Waals surface area contributed by atoms with Gasteiger partial charge in [-0.1, -0.05) is 109 Å². The van der Waals surface area contributed by atoms with Crippen molar-refractivity contribution in [1.29, 1.82) is 0 Å². The van der Waals surface area contributed by atoms with Gasteiger partial charge in [0.05, 0.1) is 16.8 Å². The Morgan fingerprint density at radius 1 is 0.306 bits per heavy atom. The molecule has 0 spiro atoms. The van der Waals surface area contributed by atoms with Crippen molar-refractivity contribution in [3.63, 3.8) is 0 Å². The molecule has 11 aromatic rings. The van der Waals surface area contributed by atoms with E-state index < -0.39 is 0 Å². The van der Waals surface area contributed by atoms with Crippen molar-refractivity contribution >= 4 is 104 Å². The standard InChI is InChI=1S/C46H27NO2/c1-2-10-32-28(9-1)22-24-34-33(32)13-7-14-40(34)47(41-15-8-18-44-46(41)36-12-4-6-17-43(36)48-44)31-23-21-29-19-20-30-25-45-39(27-38(30)37(29)26-31)35-11-3-5-16-42(35)49-45/h1-27H. The fourth-order valence-corrected chi connectivity index (χ4v) is 7.97. The Balaban J connectivity index is 1.24. The molecule has 0 aliphatic heterocycles. The monoisotopic (exact) mass is 625 g/mol. The molecule has 0 aliphatic rings. The summed E-state index contributed by atoms with van der Waals surface area (Å²) in [5.41, 5.74) is 6.84. The van der Waals surface area contributed by atoms with Gasteiger partial charge in [0.25, 0.3) is 0 Å². The quantitative estimate of drug-likeness (QED) is 0.183. The van der Waals surface area contributed by atoms with E-state index >= 15 is 0 Å². The van der Waals surface area contributed by atoms with Crippen LogP contribution in [-0.2, 0) is 0 Å². The maximum Gasteiger partial charge on any atom is 0.137 e. The van der Waals surface area contributed by atoms with Gasteiger partial charge in [0.1, 0.15) is 22.3 Å². The zero-order valence-corrected chi connectivity index (χ0v) is 26.4. The highest BCUT2D eigenvalue weighted by molar-refractivity contribution is 6.19. The first kappa shape index (κ1) is 26.5. The minimum atomic E-state index is 0.870. The van der Waals surface area contributed by atoms with Crippen LogP contribution in [0.2, 0.25) is 0 Å². The lowest BCUT2D eigenvalue weighted by molar-refractivity contribution is 0.669. The van der Waals surface area contributed by atoms with Crippen molar-refractivity contribution in [3.8, 4) is 0 Å². The molecule has 0 fully saturated rings. The highest BCUT2D eigenvalue weighted by Crippen LogP contribution is 2.46. The molecule has 0 unspecified atom stereocenters. The molecule has 0 bridgehead atoms. The van der Waals surface area contributed by atoms with E-state index in [2.05, 4.69) is 150 Å². The van der Waals surface area contributed by atoms with Gasteiger partial charge in [-0.15, -0.1) is 0 Å². The lowest BCUT2D eigenvalue weighted by atomic mass is 9.97. The van der Waals surface area contributed by atoms with Crippen LogP contribution in [0.1, 0.15) is 0 Å². The number of nitrogens with zero attached hydrogens (tertiary/aromatic N) is 1. The number of rotatable bonds is 3. The fraction of sp³-hybridized carbons (Fsp3) is 0. The maximum absolute atomic E-state index is 6.42. The van der Waals surface area contributed by atoms with Crippen molar-refractivity contribution in [3.05, 3.63) is 164 Å². The first-order valence-corrected chi connectivity index (χ1v) is 16.7. The number of benzene rings is 9. The minimum absolute atomic E-state index is 0.870. The van der Waals surface area contributed by atoms with Crippen LogP contribution in [0.4, 0.5) is 17.1 Å². The molecule has 0 aliphatic carbocycles. The van der Waals surface area contributed by atoms with Gasteiger partial charge < -0.3 is 13.7 Å². The zero-order chi connectivity index (χ0) is 32.1. The van der Waals surface area contributed by atoms with Crippen LogP contribution in [0.25, 0.3) is 87.0 Å². The summed E-state index contributed by atoms with van der Waals surface area (Å²) in [5, 5.41) is 14.1. The Morgan fingerprint density at radius 2 is 0.918 bits per heavy atom. The Labute approximate surface area is 280 Å². The summed E-state index contributed by atoms with van der Waals surface area (Å²) in [4.78, 5) is 2.42. The third-order valence-electron chi connectivity index (χ3n) is 10.2. The average Bonchev–Trinajstić information content (AvgIpc) is 3.72. The predicted molar refractivity (Wildman–Crippen MR) is 206 cm³/mol. The molecule has 0 atom stereocenters. The summed E-state index contributed by atoms with van der Waals surface area (Å²) < 4.78 is 12.7. The average molecular weight is 626 g/mol. The molecule has 0 amide bonds. The largest absolute Gasteiger partial charge is 0.456 e. The van der Waals surface area contributed by atoms with E-state index in [4.69, 9.17) is 8.83 Å². The topological polar surface area (TPSA) is 29.5 Å². The van der Waals surface area contributed by atoms with E-state index in [9.17, 15) is 0 Å². The van der Waals surface area contributed by atoms with Gasteiger partial charge >= 0.3 is 0 Å². The second-order valence-corrected chi connectivity index (χ2v) is 12.9. The molecule has 3 nitrogen and oxygen atoms in total. The molecule has 0 radical (unpaired) electrons. The molecule has 0 saturated heterocycles. The summed E-state index contributed by atoms with van der Waals surface area (Å²) >= 11 is 0. The van der Waals surface area contributed by atoms with Gasteiger partial charge in [0.15, 0.2) is 0 Å². The van der Waals surface area contributed by atoms with E-state index in [0.29, 0.717) is 0 Å². The Hall–Kier alpha value is -6.58. The summed E-state index contributed by atoms with van der Waals surface area (Å²) in [5.74, 6) is 0. The highest BCUT2D eigenvalue weighted by atomic mass is 16.3. The number of para-hydroxylation sites is 2. The first-order valence-electron chi connectivity index (χ1n) is 16.7. The molecule has 228 valence electrons. The normalized spacial score (nSPS) is 12.1. The number of fused-ring (bicyclic) bond motifs is 12. The van der Waals surface area contributed by atoms with Crippen LogP contribution in [-0.4, -0.2) is 0 Å². The SMILES string of the molecule is c1ccc2c(c1)ccc1c(N(c3ccc4ccc5cc6oc7ccccc7c6cc5c4c3)c3cccc4oc5ccccc5c34)cccc12. The molecule has 0 saturated carbocycles. The molecular weight excluding hydrogens is 599 g/mol. The lowest BCUT2D eigenvalue weighted by Crippen LogP contribution is -2.11. The molecule has 11 rings (SSSR count). The van der Waals surface area contributed by atoms with Crippen LogP contribution in [0.3, 0.4) is 0 Å². The van der Waals surface area contributed by atoms with Crippen molar-refractivity contribution in [2.45, 2.75) is 0 Å². The second-order valence-electron chi connectivity index (χ2n) is 12.9. The maximum atomic E-state index is 6.42. The molecule has 9 aromatic carbocycles. The third-order valence-corrected chi connectivity index (χ3v) is 10.2. The van der Waals surface area contributed by atoms with Gasteiger partial charge in [0.2, 0.25) is 0 Å². The Morgan fingerprint density at radius 3 is 1.84 bits per heavy atom. The van der Waals surface area contributed by atoms with Crippen LogP contribution in [0.15, 0.2) is 173 Å². The van der Waals surface area contributed by atoms with Crippen molar-refractivity contribution in [1.82, 2.24) is 0 Å². The van der Waals surface area contributed by atoms with Crippen molar-refractivity contribution in [2.24, 2.45) is 0 Å². The summed E-state index contributed by atoms with van der Waals surface area (Å²) in [6.07, 6.45) is 0. The molecule has 3 heteroatoms. The second kappa shape index (κ2) is 9.96. The van der Waals surface area contributed by atoms with E-state index in [-0.39, 0.29) is 0 Å². The predicted octanol–water partition coefficient (Wildman–Crippen LogP) is 13.6. The van der Waals surface area contributed by atoms with Crippen LogP contribution >= 0.6 is 0 Å². The van der Waals surface area contributed by atoms with Gasteiger partial charge in [0, 0.05) is 27.2 Å². The van der Waals surface area contributed by atoms with Crippen molar-refractivity contribution < 1.29 is 8.83 Å². The van der Waals surface area contributed by atoms with E-state index in [1.807, 2.05) is 18.2 Å². The van der Waals surface area contributed by atoms with Gasteiger partial charge in [-0.05, 0) is 92.3 Å². The van der Waals surface area contributed by atoms with Crippen LogP contribution in [0, 0.1) is 0 Å². The molecule has 49 heavy (non-hydrogen) atoms. The van der Waals surface area contributed by atoms with Crippen molar-refractivity contribution in [2.75, 3.05) is 4.90 Å². The summed E-state index contributed by atoms with van der Waals surface area (Å²) in [7, 11) is 0. The Kier molecular flexibility index (Phi) is 5.38. The third kappa shape index (κ3) is 3.84. The van der Waals surface area contributed by atoms with Crippen LogP contribution < -0.4 is 4.90 Å². The van der Waals surface area contributed by atoms with Gasteiger partial charge in [-0.25, -0.2) is 0 Å². The highest BCUT2D eigenvalue weighted by Gasteiger charge is 2.22. The van der Waals surface area contributed by atoms with E-state index in [1.54, 1.807) is 0 Å².